The number of fused-ring (bicyclic) bond motifs is 1. The van der Waals surface area contributed by atoms with Gasteiger partial charge in [-0.25, -0.2) is 9.97 Å². The first-order valence-electron chi connectivity index (χ1n) is 7.97. The highest BCUT2D eigenvalue weighted by Gasteiger charge is 2.08. The zero-order chi connectivity index (χ0) is 18.5. The molecular formula is C19H19N5O2. The van der Waals surface area contributed by atoms with Crippen molar-refractivity contribution in [3.05, 3.63) is 71.3 Å². The van der Waals surface area contributed by atoms with Crippen molar-refractivity contribution >= 4 is 22.6 Å². The lowest BCUT2D eigenvalue weighted by Gasteiger charge is -2.11. The second-order valence-corrected chi connectivity index (χ2v) is 5.74. The predicted molar refractivity (Wildman–Crippen MR) is 103 cm³/mol. The van der Waals surface area contributed by atoms with Gasteiger partial charge in [0, 0.05) is 37.7 Å². The molecule has 0 fully saturated rings. The minimum Gasteiger partial charge on any atom is -0.418 e. The predicted octanol–water partition coefficient (Wildman–Crippen LogP) is 2.91. The van der Waals surface area contributed by atoms with E-state index in [0.717, 1.165) is 16.8 Å². The van der Waals surface area contributed by atoms with Gasteiger partial charge in [-0.2, -0.15) is 0 Å². The minimum atomic E-state index is -0.229. The van der Waals surface area contributed by atoms with Crippen molar-refractivity contribution in [1.29, 1.82) is 0 Å². The van der Waals surface area contributed by atoms with E-state index in [2.05, 4.69) is 19.9 Å². The molecule has 4 rings (SSSR count). The van der Waals surface area contributed by atoms with Gasteiger partial charge in [-0.1, -0.05) is 0 Å². The Balaban J connectivity index is 0.000000206. The smallest absolute Gasteiger partial charge is 0.271 e. The maximum Gasteiger partial charge on any atom is 0.271 e. The molecule has 0 bridgehead atoms. The minimum absolute atomic E-state index is 0.229. The van der Waals surface area contributed by atoms with Crippen molar-refractivity contribution in [1.82, 2.24) is 15.0 Å². The summed E-state index contributed by atoms with van der Waals surface area (Å²) in [6.07, 6.45) is 3.24. The molecule has 0 aliphatic rings. The number of hydrogen-bond donors (Lipinski definition) is 2. The second-order valence-electron chi connectivity index (χ2n) is 5.74. The number of aromatic amines is 1. The molecule has 132 valence electrons. The molecule has 0 unspecified atom stereocenters. The number of oxazole rings is 1. The number of nitrogens with zero attached hydrogens (tertiary/aromatic N) is 3. The Kier molecular flexibility index (Phi) is 4.98. The Bertz CT molecular complexity index is 1020. The molecule has 0 spiro atoms. The summed E-state index contributed by atoms with van der Waals surface area (Å²) in [5, 5.41) is 0. The Morgan fingerprint density at radius 2 is 1.85 bits per heavy atom. The molecule has 0 aliphatic carbocycles. The molecule has 0 saturated carbocycles. The second kappa shape index (κ2) is 7.52. The van der Waals surface area contributed by atoms with Gasteiger partial charge in [0.25, 0.3) is 5.56 Å². The summed E-state index contributed by atoms with van der Waals surface area (Å²) in [5.41, 5.74) is 8.66. The van der Waals surface area contributed by atoms with Gasteiger partial charge in [0.05, 0.1) is 5.69 Å². The first-order chi connectivity index (χ1) is 12.5. The van der Waals surface area contributed by atoms with E-state index in [4.69, 9.17) is 10.2 Å². The number of hydrogen-bond acceptors (Lipinski definition) is 6. The average molecular weight is 349 g/mol. The molecule has 0 amide bonds. The number of nitrogens with one attached hydrogen (secondary N) is 1. The maximum atomic E-state index is 10.4. The van der Waals surface area contributed by atoms with Gasteiger partial charge in [0.1, 0.15) is 5.52 Å². The lowest BCUT2D eigenvalue weighted by molar-refractivity contribution is 0.608. The third-order valence-corrected chi connectivity index (χ3v) is 3.65. The van der Waals surface area contributed by atoms with Crippen molar-refractivity contribution in [3.8, 4) is 11.5 Å². The van der Waals surface area contributed by atoms with Gasteiger partial charge < -0.3 is 20.0 Å². The molecule has 0 saturated heterocycles. The van der Waals surface area contributed by atoms with Crippen molar-refractivity contribution in [3.63, 3.8) is 0 Å². The molecular weight excluding hydrogens is 330 g/mol. The normalized spacial score (nSPS) is 10.2. The van der Waals surface area contributed by atoms with Crippen LogP contribution in [0.5, 0.6) is 0 Å². The van der Waals surface area contributed by atoms with Crippen LogP contribution in [0, 0.1) is 0 Å². The topological polar surface area (TPSA) is 101 Å². The Morgan fingerprint density at radius 1 is 1.08 bits per heavy atom. The van der Waals surface area contributed by atoms with Crippen LogP contribution in [0.2, 0.25) is 0 Å². The van der Waals surface area contributed by atoms with E-state index in [-0.39, 0.29) is 11.2 Å². The summed E-state index contributed by atoms with van der Waals surface area (Å²) in [7, 11) is 4.02. The number of aromatic nitrogens is 3. The molecule has 0 radical (unpaired) electrons. The molecule has 1 aromatic carbocycles. The highest BCUT2D eigenvalue weighted by molar-refractivity contribution is 5.72. The van der Waals surface area contributed by atoms with E-state index < -0.39 is 0 Å². The van der Waals surface area contributed by atoms with Crippen LogP contribution >= 0.6 is 0 Å². The van der Waals surface area contributed by atoms with Gasteiger partial charge in [0.15, 0.2) is 0 Å². The number of H-pyrrole nitrogens is 1. The first kappa shape index (κ1) is 17.2. The van der Waals surface area contributed by atoms with Gasteiger partial charge >= 0.3 is 0 Å². The third kappa shape index (κ3) is 3.89. The molecule has 3 aromatic heterocycles. The SMILES string of the molecule is CN(C)c1ccc(-c2nc3cccnc3o2)cc1.Nc1ccc[nH]c1=O. The largest absolute Gasteiger partial charge is 0.418 e. The molecule has 3 N–H and O–H groups in total. The van der Waals surface area contributed by atoms with Crippen LogP contribution in [-0.2, 0) is 0 Å². The molecule has 26 heavy (non-hydrogen) atoms. The van der Waals surface area contributed by atoms with E-state index in [1.54, 1.807) is 24.5 Å². The maximum absolute atomic E-state index is 10.4. The van der Waals surface area contributed by atoms with Crippen LogP contribution in [0.25, 0.3) is 22.7 Å². The molecule has 0 atom stereocenters. The number of benzene rings is 1. The van der Waals surface area contributed by atoms with Crippen molar-refractivity contribution in [2.45, 2.75) is 0 Å². The Labute approximate surface area is 150 Å². The van der Waals surface area contributed by atoms with Gasteiger partial charge in [0.2, 0.25) is 11.6 Å². The van der Waals surface area contributed by atoms with Gasteiger partial charge in [-0.15, -0.1) is 0 Å². The van der Waals surface area contributed by atoms with Crippen LogP contribution in [-0.4, -0.2) is 29.0 Å². The van der Waals surface area contributed by atoms with E-state index in [9.17, 15) is 4.79 Å². The number of anilines is 2. The van der Waals surface area contributed by atoms with Gasteiger partial charge in [-0.05, 0) is 48.5 Å². The lowest BCUT2D eigenvalue weighted by atomic mass is 10.2. The summed E-state index contributed by atoms with van der Waals surface area (Å²) in [5.74, 6) is 0.606. The fourth-order valence-corrected chi connectivity index (χ4v) is 2.23. The van der Waals surface area contributed by atoms with Crippen molar-refractivity contribution < 1.29 is 4.42 Å². The van der Waals surface area contributed by atoms with Crippen LogP contribution in [0.1, 0.15) is 0 Å². The third-order valence-electron chi connectivity index (χ3n) is 3.65. The highest BCUT2D eigenvalue weighted by atomic mass is 16.4. The summed E-state index contributed by atoms with van der Waals surface area (Å²) < 4.78 is 5.62. The van der Waals surface area contributed by atoms with E-state index in [0.29, 0.717) is 11.6 Å². The van der Waals surface area contributed by atoms with E-state index in [1.807, 2.05) is 50.5 Å². The number of nitrogen functional groups attached to an aromatic ring is 1. The van der Waals surface area contributed by atoms with Crippen LogP contribution in [0.3, 0.4) is 0 Å². The van der Waals surface area contributed by atoms with Crippen molar-refractivity contribution in [2.75, 3.05) is 24.7 Å². The monoisotopic (exact) mass is 349 g/mol. The van der Waals surface area contributed by atoms with E-state index in [1.165, 1.54) is 0 Å². The summed E-state index contributed by atoms with van der Waals surface area (Å²) in [6, 6.07) is 15.1. The fourth-order valence-electron chi connectivity index (χ4n) is 2.23. The summed E-state index contributed by atoms with van der Waals surface area (Å²) in [4.78, 5) is 23.5. The molecule has 4 aromatic rings. The zero-order valence-electron chi connectivity index (χ0n) is 14.5. The zero-order valence-corrected chi connectivity index (χ0v) is 14.5. The lowest BCUT2D eigenvalue weighted by Crippen LogP contribution is -2.08. The molecule has 3 heterocycles. The number of nitrogens with two attached hydrogens (primary N) is 1. The molecule has 0 aliphatic heterocycles. The summed E-state index contributed by atoms with van der Waals surface area (Å²) >= 11 is 0. The van der Waals surface area contributed by atoms with Crippen molar-refractivity contribution in [2.24, 2.45) is 0 Å². The first-order valence-corrected chi connectivity index (χ1v) is 7.97. The average Bonchev–Trinajstić information content (AvgIpc) is 3.09. The summed E-state index contributed by atoms with van der Waals surface area (Å²) in [6.45, 7) is 0. The Morgan fingerprint density at radius 3 is 2.42 bits per heavy atom. The number of pyridine rings is 2. The molecule has 7 heteroatoms. The van der Waals surface area contributed by atoms with Crippen LogP contribution < -0.4 is 16.2 Å². The number of rotatable bonds is 2. The fraction of sp³-hybridized carbons (Fsp3) is 0.105. The van der Waals surface area contributed by atoms with Crippen LogP contribution in [0.15, 0.2) is 70.1 Å². The highest BCUT2D eigenvalue weighted by Crippen LogP contribution is 2.24. The standard InChI is InChI=1S/C14H13N3O.C5H6N2O/c1-17(2)11-7-5-10(6-8-11)13-16-12-4-3-9-15-14(12)18-13;6-4-2-1-3-7-5(4)8/h3-9H,1-2H3;1-3H,6H2,(H,7,8). The quantitative estimate of drug-likeness (QED) is 0.577. The van der Waals surface area contributed by atoms with Crippen LogP contribution in [0.4, 0.5) is 11.4 Å². The van der Waals surface area contributed by atoms with E-state index >= 15 is 0 Å². The van der Waals surface area contributed by atoms with Gasteiger partial charge in [-0.3, -0.25) is 4.79 Å². The Hall–Kier alpha value is -3.61. The molecule has 7 nitrogen and oxygen atoms in total.